The van der Waals surface area contributed by atoms with Gasteiger partial charge in [0.25, 0.3) is 0 Å². The van der Waals surface area contributed by atoms with E-state index in [0.29, 0.717) is 18.2 Å². The minimum Gasteiger partial charge on any atom is -0.494 e. The monoisotopic (exact) mass is 405 g/mol. The van der Waals surface area contributed by atoms with Gasteiger partial charge in [-0.15, -0.1) is 21.5 Å². The molecule has 0 saturated carbocycles. The standard InChI is InChI=1S/C18H19N3O4S2/c1-2-24-15-7-5-14(6-8-15)16-9-10-17(21-20-16)25-12-11-19-27(22,23)18-4-3-13-26-18/h3-10,13,19H,2,11-12H2,1H3. The molecule has 142 valence electrons. The summed E-state index contributed by atoms with van der Waals surface area (Å²) in [5.41, 5.74) is 1.63. The molecule has 3 rings (SSSR count). The topological polar surface area (TPSA) is 90.4 Å². The highest BCUT2D eigenvalue weighted by atomic mass is 32.2. The number of rotatable bonds is 9. The molecule has 9 heteroatoms. The molecule has 0 amide bonds. The molecule has 2 aromatic heterocycles. The van der Waals surface area contributed by atoms with Gasteiger partial charge in [0.15, 0.2) is 0 Å². The molecule has 1 N–H and O–H groups in total. The number of hydrogen-bond donors (Lipinski definition) is 1. The summed E-state index contributed by atoms with van der Waals surface area (Å²) in [7, 11) is -3.48. The van der Waals surface area contributed by atoms with Crippen molar-refractivity contribution in [2.24, 2.45) is 0 Å². The number of hydrogen-bond acceptors (Lipinski definition) is 7. The number of nitrogens with zero attached hydrogens (tertiary/aromatic N) is 2. The summed E-state index contributed by atoms with van der Waals surface area (Å²) in [6.45, 7) is 2.85. The molecular formula is C18H19N3O4S2. The first-order valence-corrected chi connectivity index (χ1v) is 10.7. The summed E-state index contributed by atoms with van der Waals surface area (Å²) < 4.78 is 37.6. The minimum atomic E-state index is -3.48. The Morgan fingerprint density at radius 1 is 1.04 bits per heavy atom. The van der Waals surface area contributed by atoms with Gasteiger partial charge in [0.05, 0.1) is 12.3 Å². The Balaban J connectivity index is 1.50. The third-order valence-electron chi connectivity index (χ3n) is 3.51. The van der Waals surface area contributed by atoms with E-state index in [1.165, 1.54) is 11.3 Å². The lowest BCUT2D eigenvalue weighted by Gasteiger charge is -2.07. The molecule has 7 nitrogen and oxygen atoms in total. The van der Waals surface area contributed by atoms with Crippen molar-refractivity contribution < 1.29 is 17.9 Å². The molecule has 3 aromatic rings. The SMILES string of the molecule is CCOc1ccc(-c2ccc(OCCNS(=O)(=O)c3cccs3)nn2)cc1. The summed E-state index contributed by atoms with van der Waals surface area (Å²) in [6, 6.07) is 14.3. The fraction of sp³-hybridized carbons (Fsp3) is 0.222. The number of sulfonamides is 1. The van der Waals surface area contributed by atoms with Crippen LogP contribution in [0.15, 0.2) is 58.1 Å². The van der Waals surface area contributed by atoms with E-state index >= 15 is 0 Å². The van der Waals surface area contributed by atoms with Crippen LogP contribution in [0.2, 0.25) is 0 Å². The van der Waals surface area contributed by atoms with Crippen LogP contribution >= 0.6 is 11.3 Å². The molecule has 0 spiro atoms. The molecule has 0 aliphatic rings. The Morgan fingerprint density at radius 2 is 1.85 bits per heavy atom. The molecule has 0 bridgehead atoms. The van der Waals surface area contributed by atoms with Gasteiger partial charge in [-0.1, -0.05) is 6.07 Å². The van der Waals surface area contributed by atoms with Crippen LogP contribution in [-0.2, 0) is 10.0 Å². The molecule has 0 saturated heterocycles. The predicted molar refractivity (Wildman–Crippen MR) is 104 cm³/mol. The zero-order valence-electron chi connectivity index (χ0n) is 14.7. The fourth-order valence-electron chi connectivity index (χ4n) is 2.26. The Morgan fingerprint density at radius 3 is 2.48 bits per heavy atom. The van der Waals surface area contributed by atoms with Crippen molar-refractivity contribution in [1.82, 2.24) is 14.9 Å². The van der Waals surface area contributed by atoms with E-state index in [1.54, 1.807) is 29.6 Å². The summed E-state index contributed by atoms with van der Waals surface area (Å²) in [5, 5.41) is 9.87. The highest BCUT2D eigenvalue weighted by molar-refractivity contribution is 7.91. The Hall–Kier alpha value is -2.49. The lowest BCUT2D eigenvalue weighted by molar-refractivity contribution is 0.307. The molecular weight excluding hydrogens is 386 g/mol. The number of ether oxygens (including phenoxy) is 2. The summed E-state index contributed by atoms with van der Waals surface area (Å²) in [5.74, 6) is 1.14. The van der Waals surface area contributed by atoms with Gasteiger partial charge in [-0.2, -0.15) is 0 Å². The maximum atomic E-state index is 12.0. The molecule has 27 heavy (non-hydrogen) atoms. The van der Waals surface area contributed by atoms with E-state index in [-0.39, 0.29) is 17.4 Å². The lowest BCUT2D eigenvalue weighted by atomic mass is 10.1. The summed E-state index contributed by atoms with van der Waals surface area (Å²) >= 11 is 1.17. The van der Waals surface area contributed by atoms with Gasteiger partial charge in [-0.25, -0.2) is 13.1 Å². The molecule has 0 fully saturated rings. The molecule has 0 radical (unpaired) electrons. The molecule has 0 atom stereocenters. The van der Waals surface area contributed by atoms with E-state index in [1.807, 2.05) is 31.2 Å². The summed E-state index contributed by atoms with van der Waals surface area (Å²) in [6.07, 6.45) is 0. The first-order chi connectivity index (χ1) is 13.1. The molecule has 0 aliphatic carbocycles. The normalized spacial score (nSPS) is 11.3. The van der Waals surface area contributed by atoms with Crippen molar-refractivity contribution in [2.45, 2.75) is 11.1 Å². The zero-order chi connectivity index (χ0) is 19.1. The minimum absolute atomic E-state index is 0.141. The third-order valence-corrected chi connectivity index (χ3v) is 6.36. The molecule has 2 heterocycles. The van der Waals surface area contributed by atoms with Crippen LogP contribution in [0.4, 0.5) is 0 Å². The van der Waals surface area contributed by atoms with Gasteiger partial charge in [0, 0.05) is 18.2 Å². The van der Waals surface area contributed by atoms with Crippen molar-refractivity contribution in [3.8, 4) is 22.9 Å². The van der Waals surface area contributed by atoms with Gasteiger partial charge >= 0.3 is 0 Å². The van der Waals surface area contributed by atoms with Gasteiger partial charge in [0.1, 0.15) is 16.6 Å². The van der Waals surface area contributed by atoms with Crippen LogP contribution in [0.5, 0.6) is 11.6 Å². The van der Waals surface area contributed by atoms with Crippen molar-refractivity contribution in [3.63, 3.8) is 0 Å². The van der Waals surface area contributed by atoms with E-state index in [0.717, 1.165) is 11.3 Å². The van der Waals surface area contributed by atoms with Gasteiger partial charge in [0.2, 0.25) is 15.9 Å². The van der Waals surface area contributed by atoms with Crippen LogP contribution in [0.3, 0.4) is 0 Å². The number of aromatic nitrogens is 2. The lowest BCUT2D eigenvalue weighted by Crippen LogP contribution is -2.27. The second-order valence-electron chi connectivity index (χ2n) is 5.39. The van der Waals surface area contributed by atoms with Crippen LogP contribution in [0.1, 0.15) is 6.92 Å². The fourth-order valence-corrected chi connectivity index (χ4v) is 4.31. The average molecular weight is 406 g/mol. The first kappa shape index (κ1) is 19.3. The van der Waals surface area contributed by atoms with Gasteiger partial charge in [-0.05, 0) is 48.7 Å². The van der Waals surface area contributed by atoms with Crippen molar-refractivity contribution in [3.05, 3.63) is 53.9 Å². The molecule has 0 unspecified atom stereocenters. The first-order valence-electron chi connectivity index (χ1n) is 8.31. The smallest absolute Gasteiger partial charge is 0.250 e. The van der Waals surface area contributed by atoms with Crippen LogP contribution in [-0.4, -0.2) is 38.4 Å². The van der Waals surface area contributed by atoms with Crippen molar-refractivity contribution >= 4 is 21.4 Å². The third kappa shape index (κ3) is 5.25. The maximum absolute atomic E-state index is 12.0. The van der Waals surface area contributed by atoms with Gasteiger partial charge < -0.3 is 9.47 Å². The maximum Gasteiger partial charge on any atom is 0.250 e. The number of thiophene rings is 1. The van der Waals surface area contributed by atoms with Gasteiger partial charge in [-0.3, -0.25) is 0 Å². The van der Waals surface area contributed by atoms with E-state index in [9.17, 15) is 8.42 Å². The zero-order valence-corrected chi connectivity index (χ0v) is 16.3. The quantitative estimate of drug-likeness (QED) is 0.551. The second kappa shape index (κ2) is 8.94. The van der Waals surface area contributed by atoms with E-state index < -0.39 is 10.0 Å². The van der Waals surface area contributed by atoms with Crippen LogP contribution in [0.25, 0.3) is 11.3 Å². The second-order valence-corrected chi connectivity index (χ2v) is 8.33. The van der Waals surface area contributed by atoms with E-state index in [4.69, 9.17) is 9.47 Å². The molecule has 0 aliphatic heterocycles. The Labute approximate surface area is 162 Å². The summed E-state index contributed by atoms with van der Waals surface area (Å²) in [4.78, 5) is 0. The Bertz CT molecular complexity index is 941. The van der Waals surface area contributed by atoms with Crippen molar-refractivity contribution in [2.75, 3.05) is 19.8 Å². The average Bonchev–Trinajstić information content (AvgIpc) is 3.23. The molecule has 1 aromatic carbocycles. The highest BCUT2D eigenvalue weighted by Crippen LogP contribution is 2.21. The van der Waals surface area contributed by atoms with E-state index in [2.05, 4.69) is 14.9 Å². The number of benzene rings is 1. The number of nitrogens with one attached hydrogen (secondary N) is 1. The predicted octanol–water partition coefficient (Wildman–Crippen LogP) is 2.96. The van der Waals surface area contributed by atoms with Crippen molar-refractivity contribution in [1.29, 1.82) is 0 Å². The largest absolute Gasteiger partial charge is 0.494 e. The van der Waals surface area contributed by atoms with Crippen LogP contribution in [0, 0.1) is 0 Å². The Kier molecular flexibility index (Phi) is 6.38. The van der Waals surface area contributed by atoms with Crippen LogP contribution < -0.4 is 14.2 Å². The highest BCUT2D eigenvalue weighted by Gasteiger charge is 2.14.